The number of halogens is 1. The van der Waals surface area contributed by atoms with Crippen LogP contribution in [0.1, 0.15) is 31.0 Å². The molecular formula is C19H23FN2O2. The van der Waals surface area contributed by atoms with Gasteiger partial charge in [-0.05, 0) is 49.2 Å². The number of benzene rings is 2. The van der Waals surface area contributed by atoms with Gasteiger partial charge in [0.1, 0.15) is 11.6 Å². The Hall–Kier alpha value is -2.40. The summed E-state index contributed by atoms with van der Waals surface area (Å²) < 4.78 is 18.1. The van der Waals surface area contributed by atoms with E-state index in [0.29, 0.717) is 6.54 Å². The highest BCUT2D eigenvalue weighted by atomic mass is 19.1. The van der Waals surface area contributed by atoms with Gasteiger partial charge in [0.15, 0.2) is 0 Å². The lowest BCUT2D eigenvalue weighted by atomic mass is 10.1. The Morgan fingerprint density at radius 2 is 1.71 bits per heavy atom. The van der Waals surface area contributed by atoms with Crippen LogP contribution in [0.3, 0.4) is 0 Å². The Balaban J connectivity index is 1.83. The second-order valence-corrected chi connectivity index (χ2v) is 5.73. The van der Waals surface area contributed by atoms with E-state index in [1.807, 2.05) is 38.1 Å². The summed E-state index contributed by atoms with van der Waals surface area (Å²) >= 11 is 0. The molecule has 0 heterocycles. The summed E-state index contributed by atoms with van der Waals surface area (Å²) in [4.78, 5) is 12.2. The van der Waals surface area contributed by atoms with Crippen LogP contribution in [0.25, 0.3) is 0 Å². The van der Waals surface area contributed by atoms with Gasteiger partial charge in [0.2, 0.25) is 5.91 Å². The summed E-state index contributed by atoms with van der Waals surface area (Å²) in [5.41, 5.74) is 1.94. The zero-order valence-corrected chi connectivity index (χ0v) is 14.2. The fourth-order valence-electron chi connectivity index (χ4n) is 2.38. The Morgan fingerprint density at radius 3 is 2.29 bits per heavy atom. The maximum Gasteiger partial charge on any atom is 0.237 e. The molecule has 2 aromatic carbocycles. The van der Waals surface area contributed by atoms with Crippen LogP contribution in [0.2, 0.25) is 0 Å². The lowest BCUT2D eigenvalue weighted by Gasteiger charge is -2.20. The Labute approximate surface area is 142 Å². The van der Waals surface area contributed by atoms with Crippen molar-refractivity contribution >= 4 is 5.91 Å². The van der Waals surface area contributed by atoms with Crippen LogP contribution in [0, 0.1) is 5.82 Å². The zero-order chi connectivity index (χ0) is 17.5. The zero-order valence-electron chi connectivity index (χ0n) is 14.2. The third-order valence-corrected chi connectivity index (χ3v) is 3.89. The monoisotopic (exact) mass is 330 g/mol. The van der Waals surface area contributed by atoms with Gasteiger partial charge in [-0.1, -0.05) is 24.3 Å². The van der Waals surface area contributed by atoms with Crippen molar-refractivity contribution in [2.24, 2.45) is 0 Å². The fraction of sp³-hybridized carbons (Fsp3) is 0.316. The van der Waals surface area contributed by atoms with E-state index in [1.165, 1.54) is 12.1 Å². The van der Waals surface area contributed by atoms with Gasteiger partial charge in [0.05, 0.1) is 13.2 Å². The molecule has 1 amide bonds. The van der Waals surface area contributed by atoms with Crippen molar-refractivity contribution in [3.05, 3.63) is 65.5 Å². The largest absolute Gasteiger partial charge is 0.497 e. The predicted molar refractivity (Wildman–Crippen MR) is 92.3 cm³/mol. The van der Waals surface area contributed by atoms with Gasteiger partial charge in [0, 0.05) is 12.6 Å². The molecule has 24 heavy (non-hydrogen) atoms. The highest BCUT2D eigenvalue weighted by Gasteiger charge is 2.16. The normalized spacial score (nSPS) is 13.2. The average Bonchev–Trinajstić information content (AvgIpc) is 2.60. The van der Waals surface area contributed by atoms with Gasteiger partial charge in [-0.25, -0.2) is 4.39 Å². The summed E-state index contributed by atoms with van der Waals surface area (Å²) in [6.07, 6.45) is 0. The average molecular weight is 330 g/mol. The number of carbonyl (C=O) groups excluding carboxylic acids is 1. The molecule has 2 N–H and O–H groups in total. The van der Waals surface area contributed by atoms with Crippen molar-refractivity contribution in [1.82, 2.24) is 10.6 Å². The van der Waals surface area contributed by atoms with Crippen LogP contribution in [-0.4, -0.2) is 19.1 Å². The molecule has 0 aliphatic carbocycles. The molecule has 0 aromatic heterocycles. The van der Waals surface area contributed by atoms with Gasteiger partial charge in [-0.15, -0.1) is 0 Å². The van der Waals surface area contributed by atoms with E-state index < -0.39 is 0 Å². The summed E-state index contributed by atoms with van der Waals surface area (Å²) in [5.74, 6) is 0.434. The number of hydrogen-bond donors (Lipinski definition) is 2. The molecule has 0 saturated carbocycles. The predicted octanol–water partition coefficient (Wildman–Crippen LogP) is 3.19. The van der Waals surface area contributed by atoms with Gasteiger partial charge in [0.25, 0.3) is 0 Å². The number of amides is 1. The Morgan fingerprint density at radius 1 is 1.08 bits per heavy atom. The number of rotatable bonds is 7. The molecule has 4 nitrogen and oxygen atoms in total. The van der Waals surface area contributed by atoms with Crippen molar-refractivity contribution in [3.63, 3.8) is 0 Å². The van der Waals surface area contributed by atoms with E-state index in [0.717, 1.165) is 16.9 Å². The highest BCUT2D eigenvalue weighted by Crippen LogP contribution is 2.14. The van der Waals surface area contributed by atoms with Gasteiger partial charge >= 0.3 is 0 Å². The minimum absolute atomic E-state index is 0.0488. The standard InChI is InChI=1S/C19H23FN2O2/c1-13(16-6-8-17(20)9-7-16)22-14(2)19(23)21-12-15-4-10-18(24-3)11-5-15/h4-11,13-14,22H,12H2,1-3H3,(H,21,23)/t13-,14+/m0/s1. The molecule has 0 unspecified atom stereocenters. The lowest BCUT2D eigenvalue weighted by molar-refractivity contribution is -0.123. The van der Waals surface area contributed by atoms with Crippen LogP contribution in [0.15, 0.2) is 48.5 Å². The SMILES string of the molecule is COc1ccc(CNC(=O)[C@@H](C)N[C@@H](C)c2ccc(F)cc2)cc1. The minimum atomic E-state index is -0.358. The van der Waals surface area contributed by atoms with Gasteiger partial charge in [-0.3, -0.25) is 10.1 Å². The van der Waals surface area contributed by atoms with Crippen molar-refractivity contribution in [2.45, 2.75) is 32.5 Å². The first kappa shape index (κ1) is 17.9. The molecule has 2 rings (SSSR count). The smallest absolute Gasteiger partial charge is 0.237 e. The summed E-state index contributed by atoms with van der Waals surface area (Å²) in [5, 5.41) is 6.12. The quantitative estimate of drug-likeness (QED) is 0.820. The number of ether oxygens (including phenoxy) is 1. The van der Waals surface area contributed by atoms with Crippen LogP contribution >= 0.6 is 0 Å². The van der Waals surface area contributed by atoms with Crippen LogP contribution in [-0.2, 0) is 11.3 Å². The van der Waals surface area contributed by atoms with E-state index in [4.69, 9.17) is 4.74 Å². The molecule has 0 bridgehead atoms. The molecule has 5 heteroatoms. The molecule has 0 spiro atoms. The topological polar surface area (TPSA) is 50.4 Å². The highest BCUT2D eigenvalue weighted by molar-refractivity contribution is 5.81. The van der Waals surface area contributed by atoms with Crippen molar-refractivity contribution in [3.8, 4) is 5.75 Å². The second-order valence-electron chi connectivity index (χ2n) is 5.73. The molecule has 2 atom stereocenters. The van der Waals surface area contributed by atoms with Gasteiger partial charge in [-0.2, -0.15) is 0 Å². The fourth-order valence-corrected chi connectivity index (χ4v) is 2.38. The van der Waals surface area contributed by atoms with E-state index in [2.05, 4.69) is 10.6 Å². The molecule has 0 aliphatic heterocycles. The Bertz CT molecular complexity index is 656. The third kappa shape index (κ3) is 5.06. The van der Waals surface area contributed by atoms with E-state index in [1.54, 1.807) is 19.2 Å². The Kier molecular flexibility index (Phi) is 6.32. The first-order chi connectivity index (χ1) is 11.5. The number of nitrogens with one attached hydrogen (secondary N) is 2. The first-order valence-corrected chi connectivity index (χ1v) is 7.91. The van der Waals surface area contributed by atoms with E-state index in [9.17, 15) is 9.18 Å². The number of carbonyl (C=O) groups is 1. The van der Waals surface area contributed by atoms with Crippen molar-refractivity contribution < 1.29 is 13.9 Å². The maximum atomic E-state index is 13.0. The molecule has 128 valence electrons. The number of methoxy groups -OCH3 is 1. The molecule has 2 aromatic rings. The van der Waals surface area contributed by atoms with Crippen LogP contribution < -0.4 is 15.4 Å². The molecular weight excluding hydrogens is 307 g/mol. The first-order valence-electron chi connectivity index (χ1n) is 7.91. The van der Waals surface area contributed by atoms with Crippen molar-refractivity contribution in [2.75, 3.05) is 7.11 Å². The molecule has 0 aliphatic rings. The summed E-state index contributed by atoms with van der Waals surface area (Å²) in [6, 6.07) is 13.4. The molecule has 0 radical (unpaired) electrons. The van der Waals surface area contributed by atoms with Crippen LogP contribution in [0.4, 0.5) is 4.39 Å². The van der Waals surface area contributed by atoms with Crippen molar-refractivity contribution in [1.29, 1.82) is 0 Å². The minimum Gasteiger partial charge on any atom is -0.497 e. The second kappa shape index (κ2) is 8.45. The maximum absolute atomic E-state index is 13.0. The van der Waals surface area contributed by atoms with E-state index >= 15 is 0 Å². The molecule has 0 saturated heterocycles. The lowest BCUT2D eigenvalue weighted by Crippen LogP contribution is -2.42. The summed E-state index contributed by atoms with van der Waals surface area (Å²) in [6.45, 7) is 4.21. The number of hydrogen-bond acceptors (Lipinski definition) is 3. The van der Waals surface area contributed by atoms with Crippen LogP contribution in [0.5, 0.6) is 5.75 Å². The van der Waals surface area contributed by atoms with Gasteiger partial charge < -0.3 is 10.1 Å². The third-order valence-electron chi connectivity index (χ3n) is 3.89. The van der Waals surface area contributed by atoms with E-state index in [-0.39, 0.29) is 23.8 Å². The molecule has 0 fully saturated rings. The summed E-state index contributed by atoms with van der Waals surface area (Å²) in [7, 11) is 1.62.